The largest absolute Gasteiger partial charge is 0.503 e. The van der Waals surface area contributed by atoms with Gasteiger partial charge >= 0.3 is 11.8 Å². The summed E-state index contributed by atoms with van der Waals surface area (Å²) in [4.78, 5) is 23.4. The molecule has 2 aromatic carbocycles. The zero-order valence-electron chi connectivity index (χ0n) is 13.6. The van der Waals surface area contributed by atoms with Crippen LogP contribution in [-0.4, -0.2) is 29.7 Å². The lowest BCUT2D eigenvalue weighted by Gasteiger charge is -2.08. The molecule has 0 atom stereocenters. The predicted molar refractivity (Wildman–Crippen MR) is 97.7 cm³/mol. The number of phenolic OH excluding ortho intramolecular Hbond substituents is 1. The summed E-state index contributed by atoms with van der Waals surface area (Å²) in [5.74, 6) is -2.60. The number of amides is 2. The number of nitrogens with one attached hydrogen (secondary N) is 2. The van der Waals surface area contributed by atoms with Crippen LogP contribution in [0, 0.1) is 5.82 Å². The molecule has 26 heavy (non-hydrogen) atoms. The zero-order chi connectivity index (χ0) is 19.1. The zero-order valence-corrected chi connectivity index (χ0v) is 15.2. The van der Waals surface area contributed by atoms with Gasteiger partial charge in [0.2, 0.25) is 0 Å². The Kier molecular flexibility index (Phi) is 6.67. The second kappa shape index (κ2) is 8.95. The number of hydrogen-bond acceptors (Lipinski definition) is 5. The number of hydrogen-bond donors (Lipinski definition) is 3. The van der Waals surface area contributed by atoms with E-state index in [2.05, 4.69) is 26.3 Å². The summed E-state index contributed by atoms with van der Waals surface area (Å²) in [6.07, 6.45) is 1.26. The first-order valence-electron chi connectivity index (χ1n) is 7.46. The topological polar surface area (TPSA) is 100 Å². The Morgan fingerprint density at radius 2 is 2.04 bits per heavy atom. The van der Waals surface area contributed by atoms with E-state index in [1.165, 1.54) is 30.5 Å². The molecule has 136 valence electrons. The van der Waals surface area contributed by atoms with Gasteiger partial charge in [-0.15, -0.1) is 0 Å². The molecular weight excluding hydrogens is 409 g/mol. The minimum atomic E-state index is -1.06. The van der Waals surface area contributed by atoms with Crippen molar-refractivity contribution < 1.29 is 23.8 Å². The molecule has 2 aromatic rings. The minimum Gasteiger partial charge on any atom is -0.503 e. The van der Waals surface area contributed by atoms with Gasteiger partial charge in [-0.1, -0.05) is 12.1 Å². The van der Waals surface area contributed by atoms with Crippen molar-refractivity contribution in [2.45, 2.75) is 6.92 Å². The van der Waals surface area contributed by atoms with Gasteiger partial charge in [-0.05, 0) is 52.7 Å². The van der Waals surface area contributed by atoms with Crippen molar-refractivity contribution in [3.8, 4) is 11.5 Å². The summed E-state index contributed by atoms with van der Waals surface area (Å²) in [6, 6.07) is 8.53. The number of carbonyl (C=O) groups excluding carboxylic acids is 2. The maximum atomic E-state index is 13.4. The molecule has 0 aromatic heterocycles. The van der Waals surface area contributed by atoms with E-state index < -0.39 is 17.6 Å². The molecule has 0 radical (unpaired) electrons. The standard InChI is InChI=1S/C17H15BrFN3O4/c1-2-26-14-8-10(7-11(18)15(14)23)9-20-22-17(25)16(24)21-13-6-4-3-5-12(13)19/h3-9,23H,2H2,1H3,(H,21,24)(H,22,25)/b20-9+. The first-order chi connectivity index (χ1) is 12.4. The SMILES string of the molecule is CCOc1cc(/C=N/NC(=O)C(=O)Nc2ccccc2F)cc(Br)c1O. The van der Waals surface area contributed by atoms with Crippen molar-refractivity contribution in [2.24, 2.45) is 5.10 Å². The maximum Gasteiger partial charge on any atom is 0.329 e. The highest BCUT2D eigenvalue weighted by Gasteiger charge is 2.14. The lowest BCUT2D eigenvalue weighted by molar-refractivity contribution is -0.136. The summed E-state index contributed by atoms with van der Waals surface area (Å²) in [7, 11) is 0. The van der Waals surface area contributed by atoms with Crippen molar-refractivity contribution in [3.63, 3.8) is 0 Å². The number of benzene rings is 2. The van der Waals surface area contributed by atoms with Gasteiger partial charge in [-0.3, -0.25) is 9.59 Å². The van der Waals surface area contributed by atoms with Crippen molar-refractivity contribution in [3.05, 3.63) is 52.3 Å². The second-order valence-corrected chi connectivity index (χ2v) is 5.77. The Hall–Kier alpha value is -2.94. The first kappa shape index (κ1) is 19.4. The van der Waals surface area contributed by atoms with Crippen LogP contribution in [0.2, 0.25) is 0 Å². The highest BCUT2D eigenvalue weighted by Crippen LogP contribution is 2.35. The summed E-state index contributed by atoms with van der Waals surface area (Å²) in [5.41, 5.74) is 2.43. The van der Waals surface area contributed by atoms with E-state index in [1.807, 2.05) is 5.43 Å². The van der Waals surface area contributed by atoms with E-state index in [0.29, 0.717) is 16.6 Å². The van der Waals surface area contributed by atoms with E-state index >= 15 is 0 Å². The highest BCUT2D eigenvalue weighted by atomic mass is 79.9. The molecule has 0 unspecified atom stereocenters. The molecule has 0 aliphatic heterocycles. The molecule has 2 rings (SSSR count). The maximum absolute atomic E-state index is 13.4. The van der Waals surface area contributed by atoms with Gasteiger partial charge in [0.15, 0.2) is 11.5 Å². The molecule has 0 heterocycles. The van der Waals surface area contributed by atoms with Gasteiger partial charge in [0.05, 0.1) is 23.0 Å². The Morgan fingerprint density at radius 3 is 2.73 bits per heavy atom. The van der Waals surface area contributed by atoms with Crippen LogP contribution in [0.15, 0.2) is 46.0 Å². The Labute approximate surface area is 157 Å². The molecule has 2 amide bonds. The third-order valence-corrected chi connectivity index (χ3v) is 3.66. The quantitative estimate of drug-likeness (QED) is 0.391. The van der Waals surface area contributed by atoms with E-state index in [9.17, 15) is 19.1 Å². The van der Waals surface area contributed by atoms with Crippen LogP contribution < -0.4 is 15.5 Å². The van der Waals surface area contributed by atoms with Crippen LogP contribution in [0.5, 0.6) is 11.5 Å². The van der Waals surface area contributed by atoms with E-state index in [1.54, 1.807) is 13.0 Å². The number of rotatable bonds is 5. The molecule has 0 aliphatic carbocycles. The van der Waals surface area contributed by atoms with Gasteiger partial charge in [-0.2, -0.15) is 5.10 Å². The Balaban J connectivity index is 2.00. The molecule has 0 saturated heterocycles. The number of ether oxygens (including phenoxy) is 1. The number of anilines is 1. The number of carbonyl (C=O) groups is 2. The molecule has 0 fully saturated rings. The van der Waals surface area contributed by atoms with Gasteiger partial charge in [-0.25, -0.2) is 9.82 Å². The van der Waals surface area contributed by atoms with Crippen LogP contribution in [0.3, 0.4) is 0 Å². The third-order valence-electron chi connectivity index (χ3n) is 3.06. The average Bonchev–Trinajstić information content (AvgIpc) is 2.61. The van der Waals surface area contributed by atoms with Crippen molar-refractivity contribution >= 4 is 39.6 Å². The fourth-order valence-electron chi connectivity index (χ4n) is 1.89. The smallest absolute Gasteiger partial charge is 0.329 e. The highest BCUT2D eigenvalue weighted by molar-refractivity contribution is 9.10. The molecule has 0 spiro atoms. The number of nitrogens with zero attached hydrogens (tertiary/aromatic N) is 1. The number of phenols is 1. The molecule has 0 aliphatic rings. The summed E-state index contributed by atoms with van der Waals surface area (Å²) in [5, 5.41) is 15.6. The van der Waals surface area contributed by atoms with Crippen LogP contribution in [0.1, 0.15) is 12.5 Å². The van der Waals surface area contributed by atoms with Crippen LogP contribution in [0.25, 0.3) is 0 Å². The minimum absolute atomic E-state index is 0.0581. The summed E-state index contributed by atoms with van der Waals surface area (Å²) < 4.78 is 19.1. The van der Waals surface area contributed by atoms with E-state index in [-0.39, 0.29) is 17.2 Å². The second-order valence-electron chi connectivity index (χ2n) is 4.92. The van der Waals surface area contributed by atoms with Crippen molar-refractivity contribution in [2.75, 3.05) is 11.9 Å². The monoisotopic (exact) mass is 423 g/mol. The Bertz CT molecular complexity index is 858. The summed E-state index contributed by atoms with van der Waals surface area (Å²) >= 11 is 3.18. The molecule has 7 nitrogen and oxygen atoms in total. The fraction of sp³-hybridized carbons (Fsp3) is 0.118. The number of hydrazone groups is 1. The fourth-order valence-corrected chi connectivity index (χ4v) is 2.35. The molecule has 3 N–H and O–H groups in total. The van der Waals surface area contributed by atoms with E-state index in [4.69, 9.17) is 4.74 Å². The normalized spacial score (nSPS) is 10.6. The summed E-state index contributed by atoms with van der Waals surface area (Å²) in [6.45, 7) is 2.12. The number of aromatic hydroxyl groups is 1. The third kappa shape index (κ3) is 5.03. The lowest BCUT2D eigenvalue weighted by atomic mass is 10.2. The van der Waals surface area contributed by atoms with Gasteiger partial charge in [0.25, 0.3) is 0 Å². The van der Waals surface area contributed by atoms with Gasteiger partial charge in [0, 0.05) is 0 Å². The van der Waals surface area contributed by atoms with Crippen molar-refractivity contribution in [1.29, 1.82) is 0 Å². The number of para-hydroxylation sites is 1. The molecular formula is C17H15BrFN3O4. The number of halogens is 2. The van der Waals surface area contributed by atoms with Gasteiger partial charge in [0.1, 0.15) is 5.82 Å². The first-order valence-corrected chi connectivity index (χ1v) is 8.26. The van der Waals surface area contributed by atoms with Crippen LogP contribution in [0.4, 0.5) is 10.1 Å². The predicted octanol–water partition coefficient (Wildman–Crippen LogP) is 2.78. The molecule has 9 heteroatoms. The van der Waals surface area contributed by atoms with Crippen LogP contribution in [-0.2, 0) is 9.59 Å². The average molecular weight is 424 g/mol. The lowest BCUT2D eigenvalue weighted by Crippen LogP contribution is -2.32. The Morgan fingerprint density at radius 1 is 1.31 bits per heavy atom. The van der Waals surface area contributed by atoms with Crippen molar-refractivity contribution in [1.82, 2.24) is 5.43 Å². The van der Waals surface area contributed by atoms with E-state index in [0.717, 1.165) is 6.07 Å². The molecule has 0 bridgehead atoms. The molecule has 0 saturated carbocycles. The van der Waals surface area contributed by atoms with Gasteiger partial charge < -0.3 is 15.2 Å². The van der Waals surface area contributed by atoms with Crippen LogP contribution >= 0.6 is 15.9 Å².